The summed E-state index contributed by atoms with van der Waals surface area (Å²) in [6.07, 6.45) is 3.56. The third-order valence-electron chi connectivity index (χ3n) is 2.46. The fraction of sp³-hybridized carbons (Fsp3) is 0.167. The molecule has 0 saturated carbocycles. The summed E-state index contributed by atoms with van der Waals surface area (Å²) in [4.78, 5) is 11.2. The van der Waals surface area contributed by atoms with E-state index in [1.54, 1.807) is 17.9 Å². The standard InChI is InChI=1S/C12H14N4O/c1-14-12(17)8-16-7-10(6-15-16)9-2-4-11(13)5-3-9/h2-7H,8,13H2,1H3,(H,14,17). The normalized spacial score (nSPS) is 10.2. The van der Waals surface area contributed by atoms with Gasteiger partial charge in [-0.05, 0) is 17.7 Å². The number of aromatic nitrogens is 2. The third kappa shape index (κ3) is 2.63. The summed E-state index contributed by atoms with van der Waals surface area (Å²) in [5.41, 5.74) is 8.34. The fourth-order valence-electron chi connectivity index (χ4n) is 1.50. The maximum Gasteiger partial charge on any atom is 0.241 e. The van der Waals surface area contributed by atoms with Gasteiger partial charge < -0.3 is 11.1 Å². The van der Waals surface area contributed by atoms with Crippen LogP contribution in [0.4, 0.5) is 5.69 Å². The highest BCUT2D eigenvalue weighted by atomic mass is 16.1. The van der Waals surface area contributed by atoms with Gasteiger partial charge in [0.05, 0.1) is 6.20 Å². The molecular formula is C12H14N4O. The van der Waals surface area contributed by atoms with Crippen LogP contribution in [0.25, 0.3) is 11.1 Å². The molecule has 0 saturated heterocycles. The van der Waals surface area contributed by atoms with Crippen molar-refractivity contribution in [1.29, 1.82) is 0 Å². The molecule has 0 unspecified atom stereocenters. The van der Waals surface area contributed by atoms with Crippen LogP contribution in [0, 0.1) is 0 Å². The van der Waals surface area contributed by atoms with Crippen LogP contribution in [0.3, 0.4) is 0 Å². The van der Waals surface area contributed by atoms with Crippen LogP contribution in [-0.4, -0.2) is 22.7 Å². The van der Waals surface area contributed by atoms with E-state index in [9.17, 15) is 4.79 Å². The van der Waals surface area contributed by atoms with Gasteiger partial charge in [0.15, 0.2) is 0 Å². The molecule has 0 spiro atoms. The number of benzene rings is 1. The average Bonchev–Trinajstić information content (AvgIpc) is 2.78. The number of rotatable bonds is 3. The number of amides is 1. The van der Waals surface area contributed by atoms with Crippen molar-refractivity contribution in [2.45, 2.75) is 6.54 Å². The Kier molecular flexibility index (Phi) is 3.09. The molecule has 5 nitrogen and oxygen atoms in total. The number of likely N-dealkylation sites (N-methyl/N-ethyl adjacent to an activating group) is 1. The predicted octanol–water partition coefficient (Wildman–Crippen LogP) is 0.878. The highest BCUT2D eigenvalue weighted by Gasteiger charge is 2.04. The van der Waals surface area contributed by atoms with Gasteiger partial charge in [0.2, 0.25) is 5.91 Å². The zero-order valence-electron chi connectivity index (χ0n) is 9.55. The van der Waals surface area contributed by atoms with E-state index in [0.717, 1.165) is 16.8 Å². The summed E-state index contributed by atoms with van der Waals surface area (Å²) >= 11 is 0. The molecule has 0 radical (unpaired) electrons. The van der Waals surface area contributed by atoms with Crippen molar-refractivity contribution in [3.05, 3.63) is 36.7 Å². The second-order valence-electron chi connectivity index (χ2n) is 3.72. The molecule has 2 aromatic rings. The summed E-state index contributed by atoms with van der Waals surface area (Å²) in [6.45, 7) is 0.228. The van der Waals surface area contributed by atoms with Crippen molar-refractivity contribution >= 4 is 11.6 Å². The molecule has 1 amide bonds. The monoisotopic (exact) mass is 230 g/mol. The smallest absolute Gasteiger partial charge is 0.241 e. The second-order valence-corrected chi connectivity index (χ2v) is 3.72. The average molecular weight is 230 g/mol. The number of nitrogens with two attached hydrogens (primary N) is 1. The van der Waals surface area contributed by atoms with Crippen LogP contribution in [0.2, 0.25) is 0 Å². The Morgan fingerprint density at radius 1 is 1.35 bits per heavy atom. The molecular weight excluding hydrogens is 216 g/mol. The lowest BCUT2D eigenvalue weighted by Crippen LogP contribution is -2.23. The number of hydrogen-bond acceptors (Lipinski definition) is 3. The molecule has 88 valence electrons. The van der Waals surface area contributed by atoms with Crippen LogP contribution in [-0.2, 0) is 11.3 Å². The molecule has 0 bridgehead atoms. The summed E-state index contributed by atoms with van der Waals surface area (Å²) in [7, 11) is 1.60. The molecule has 5 heteroatoms. The topological polar surface area (TPSA) is 72.9 Å². The van der Waals surface area contributed by atoms with E-state index in [-0.39, 0.29) is 12.5 Å². The SMILES string of the molecule is CNC(=O)Cn1cc(-c2ccc(N)cc2)cn1. The summed E-state index contributed by atoms with van der Waals surface area (Å²) < 4.78 is 1.60. The van der Waals surface area contributed by atoms with Gasteiger partial charge in [0.25, 0.3) is 0 Å². The Morgan fingerprint density at radius 3 is 2.71 bits per heavy atom. The lowest BCUT2D eigenvalue weighted by molar-refractivity contribution is -0.121. The van der Waals surface area contributed by atoms with Gasteiger partial charge in [-0.2, -0.15) is 5.10 Å². The van der Waals surface area contributed by atoms with Gasteiger partial charge in [-0.1, -0.05) is 12.1 Å². The number of nitrogen functional groups attached to an aromatic ring is 1. The van der Waals surface area contributed by atoms with Crippen molar-refractivity contribution in [3.8, 4) is 11.1 Å². The highest BCUT2D eigenvalue weighted by molar-refractivity contribution is 5.75. The molecule has 0 aliphatic heterocycles. The number of hydrogen-bond donors (Lipinski definition) is 2. The van der Waals surface area contributed by atoms with Crippen LogP contribution in [0.5, 0.6) is 0 Å². The Morgan fingerprint density at radius 2 is 2.06 bits per heavy atom. The van der Waals surface area contributed by atoms with E-state index in [1.165, 1.54) is 0 Å². The van der Waals surface area contributed by atoms with Gasteiger partial charge in [0.1, 0.15) is 6.54 Å². The van der Waals surface area contributed by atoms with Crippen LogP contribution in [0.15, 0.2) is 36.7 Å². The van der Waals surface area contributed by atoms with Gasteiger partial charge in [-0.15, -0.1) is 0 Å². The number of carbonyl (C=O) groups is 1. The molecule has 17 heavy (non-hydrogen) atoms. The largest absolute Gasteiger partial charge is 0.399 e. The van der Waals surface area contributed by atoms with Gasteiger partial charge in [0, 0.05) is 24.5 Å². The first-order valence-electron chi connectivity index (χ1n) is 5.28. The summed E-state index contributed by atoms with van der Waals surface area (Å²) in [6, 6.07) is 7.53. The molecule has 0 aliphatic rings. The Hall–Kier alpha value is -2.30. The van der Waals surface area contributed by atoms with E-state index < -0.39 is 0 Å². The number of carbonyl (C=O) groups excluding carboxylic acids is 1. The van der Waals surface area contributed by atoms with Crippen molar-refractivity contribution in [1.82, 2.24) is 15.1 Å². The van der Waals surface area contributed by atoms with Crippen LogP contribution < -0.4 is 11.1 Å². The van der Waals surface area contributed by atoms with Crippen molar-refractivity contribution in [3.63, 3.8) is 0 Å². The first kappa shape index (κ1) is 11.2. The first-order valence-corrected chi connectivity index (χ1v) is 5.28. The Balaban J connectivity index is 2.18. The first-order chi connectivity index (χ1) is 8.19. The fourth-order valence-corrected chi connectivity index (χ4v) is 1.50. The Bertz CT molecular complexity index is 516. The van der Waals surface area contributed by atoms with Crippen molar-refractivity contribution in [2.24, 2.45) is 0 Å². The zero-order chi connectivity index (χ0) is 12.3. The Labute approximate surface area is 99.2 Å². The van der Waals surface area contributed by atoms with E-state index in [0.29, 0.717) is 0 Å². The highest BCUT2D eigenvalue weighted by Crippen LogP contribution is 2.19. The minimum atomic E-state index is -0.0723. The number of nitrogens with zero attached hydrogens (tertiary/aromatic N) is 2. The molecule has 0 aliphatic carbocycles. The molecule has 1 aromatic carbocycles. The third-order valence-corrected chi connectivity index (χ3v) is 2.46. The van der Waals surface area contributed by atoms with Gasteiger partial charge in [-0.3, -0.25) is 9.48 Å². The van der Waals surface area contributed by atoms with Gasteiger partial charge in [-0.25, -0.2) is 0 Å². The van der Waals surface area contributed by atoms with Crippen molar-refractivity contribution < 1.29 is 4.79 Å². The summed E-state index contributed by atoms with van der Waals surface area (Å²) in [5.74, 6) is -0.0723. The van der Waals surface area contributed by atoms with E-state index in [2.05, 4.69) is 10.4 Å². The minimum Gasteiger partial charge on any atom is -0.399 e. The molecule has 0 fully saturated rings. The van der Waals surface area contributed by atoms with Gasteiger partial charge >= 0.3 is 0 Å². The second kappa shape index (κ2) is 4.69. The van der Waals surface area contributed by atoms with E-state index in [4.69, 9.17) is 5.73 Å². The molecule has 0 atom stereocenters. The van der Waals surface area contributed by atoms with Crippen LogP contribution >= 0.6 is 0 Å². The molecule has 2 rings (SSSR count). The molecule has 3 N–H and O–H groups in total. The quantitative estimate of drug-likeness (QED) is 0.769. The summed E-state index contributed by atoms with van der Waals surface area (Å²) in [5, 5.41) is 6.68. The zero-order valence-corrected chi connectivity index (χ0v) is 9.55. The predicted molar refractivity (Wildman–Crippen MR) is 66.1 cm³/mol. The van der Waals surface area contributed by atoms with E-state index >= 15 is 0 Å². The maximum absolute atomic E-state index is 11.2. The molecule has 1 heterocycles. The van der Waals surface area contributed by atoms with Crippen molar-refractivity contribution in [2.75, 3.05) is 12.8 Å². The van der Waals surface area contributed by atoms with Crippen LogP contribution in [0.1, 0.15) is 0 Å². The lowest BCUT2D eigenvalue weighted by Gasteiger charge is -1.99. The van der Waals surface area contributed by atoms with E-state index in [1.807, 2.05) is 30.5 Å². The number of anilines is 1. The minimum absolute atomic E-state index is 0.0723. The maximum atomic E-state index is 11.2. The molecule has 1 aromatic heterocycles. The number of nitrogens with one attached hydrogen (secondary N) is 1. The lowest BCUT2D eigenvalue weighted by atomic mass is 10.1.